The Morgan fingerprint density at radius 2 is 1.78 bits per heavy atom. The van der Waals surface area contributed by atoms with Crippen LogP contribution in [0.4, 0.5) is 5.82 Å². The Hall–Kier alpha value is -3.38. The molecule has 1 saturated heterocycles. The van der Waals surface area contributed by atoms with Crippen LogP contribution in [0.1, 0.15) is 23.1 Å². The molecular weight excluding hydrogens is 400 g/mol. The Balaban J connectivity index is 1.36. The van der Waals surface area contributed by atoms with Crippen molar-refractivity contribution in [3.05, 3.63) is 89.6 Å². The van der Waals surface area contributed by atoms with Crippen LogP contribution in [0.15, 0.2) is 78.1 Å². The number of hydrogen-bond donors (Lipinski definition) is 1. The van der Waals surface area contributed by atoms with Gasteiger partial charge in [0.05, 0.1) is 5.71 Å². The van der Waals surface area contributed by atoms with Crippen molar-refractivity contribution in [2.45, 2.75) is 20.0 Å². The number of aryl methyl sites for hydroxylation is 1. The molecule has 0 aliphatic carbocycles. The molecule has 0 unspecified atom stereocenters. The lowest BCUT2D eigenvalue weighted by molar-refractivity contribution is 0.261. The molecule has 3 aromatic rings. The summed E-state index contributed by atoms with van der Waals surface area (Å²) in [6.07, 6.45) is 2.50. The van der Waals surface area contributed by atoms with Crippen molar-refractivity contribution in [3.63, 3.8) is 0 Å². The van der Waals surface area contributed by atoms with Crippen LogP contribution in [0, 0.1) is 6.92 Å². The summed E-state index contributed by atoms with van der Waals surface area (Å²) in [6, 6.07) is 22.1. The average molecular weight is 431 g/mol. The minimum Gasteiger partial charge on any atom is -0.488 e. The zero-order valence-corrected chi connectivity index (χ0v) is 18.5. The largest absolute Gasteiger partial charge is 0.488 e. The lowest BCUT2D eigenvalue weighted by Gasteiger charge is -2.35. The van der Waals surface area contributed by atoms with Gasteiger partial charge in [-0.25, -0.2) is 4.98 Å². The first-order valence-corrected chi connectivity index (χ1v) is 11.1. The van der Waals surface area contributed by atoms with E-state index in [2.05, 4.69) is 26.0 Å². The minimum atomic E-state index is 0.477. The normalized spacial score (nSPS) is 15.0. The highest BCUT2D eigenvalue weighted by molar-refractivity contribution is 6.02. The first-order valence-electron chi connectivity index (χ1n) is 11.1. The first kappa shape index (κ1) is 21.8. The van der Waals surface area contributed by atoms with Crippen molar-refractivity contribution in [1.82, 2.24) is 9.88 Å². The Bertz CT molecular complexity index is 1020. The summed E-state index contributed by atoms with van der Waals surface area (Å²) in [4.78, 5) is 9.17. The number of anilines is 1. The SMILES string of the molecule is Cc1ccc(OCc2ccccc2)c(/C(CCN2CCN(c3ccccn3)CC2)=N\O)c1. The Kier molecular flexibility index (Phi) is 7.35. The fourth-order valence-electron chi connectivity index (χ4n) is 3.97. The molecular formula is C26H30N4O2. The van der Waals surface area contributed by atoms with Gasteiger partial charge in [0.1, 0.15) is 18.2 Å². The molecule has 4 rings (SSSR count). The van der Waals surface area contributed by atoms with Gasteiger partial charge >= 0.3 is 0 Å². The summed E-state index contributed by atoms with van der Waals surface area (Å²) in [5, 5.41) is 13.4. The Labute approximate surface area is 189 Å². The maximum atomic E-state index is 9.80. The highest BCUT2D eigenvalue weighted by Gasteiger charge is 2.19. The highest BCUT2D eigenvalue weighted by atomic mass is 16.5. The molecule has 32 heavy (non-hydrogen) atoms. The van der Waals surface area contributed by atoms with Gasteiger partial charge in [0.2, 0.25) is 0 Å². The Morgan fingerprint density at radius 1 is 1.00 bits per heavy atom. The molecule has 6 heteroatoms. The summed E-state index contributed by atoms with van der Waals surface area (Å²) >= 11 is 0. The van der Waals surface area contributed by atoms with E-state index in [-0.39, 0.29) is 0 Å². The van der Waals surface area contributed by atoms with Crippen molar-refractivity contribution >= 4 is 11.5 Å². The maximum absolute atomic E-state index is 9.80. The zero-order valence-electron chi connectivity index (χ0n) is 18.5. The zero-order chi connectivity index (χ0) is 22.2. The molecule has 0 spiro atoms. The van der Waals surface area contributed by atoms with E-state index >= 15 is 0 Å². The lowest BCUT2D eigenvalue weighted by atomic mass is 10.0. The van der Waals surface area contributed by atoms with Crippen LogP contribution in [0.5, 0.6) is 5.75 Å². The summed E-state index contributed by atoms with van der Waals surface area (Å²) in [5.41, 5.74) is 3.73. The van der Waals surface area contributed by atoms with Crippen molar-refractivity contribution in [3.8, 4) is 5.75 Å². The number of nitrogens with zero attached hydrogens (tertiary/aromatic N) is 4. The van der Waals surface area contributed by atoms with E-state index in [0.717, 1.165) is 61.0 Å². The molecule has 0 radical (unpaired) electrons. The standard InChI is InChI=1S/C26H30N4O2/c1-21-10-11-25(32-20-22-7-3-2-4-8-22)23(19-21)24(28-31)12-14-29-15-17-30(18-16-29)26-9-5-6-13-27-26/h2-11,13,19,31H,12,14-18,20H2,1H3/b28-24-. The van der Waals surface area contributed by atoms with Crippen molar-refractivity contribution in [1.29, 1.82) is 0 Å². The molecule has 2 aromatic carbocycles. The van der Waals surface area contributed by atoms with Gasteiger partial charge in [0.25, 0.3) is 0 Å². The van der Waals surface area contributed by atoms with Gasteiger partial charge in [0, 0.05) is 50.9 Å². The quantitative estimate of drug-likeness (QED) is 0.327. The number of oxime groups is 1. The van der Waals surface area contributed by atoms with Gasteiger partial charge in [-0.15, -0.1) is 0 Å². The van der Waals surface area contributed by atoms with Crippen LogP contribution in [-0.4, -0.2) is 53.5 Å². The molecule has 6 nitrogen and oxygen atoms in total. The third-order valence-electron chi connectivity index (χ3n) is 5.81. The number of ether oxygens (including phenoxy) is 1. The molecule has 166 valence electrons. The minimum absolute atomic E-state index is 0.477. The fraction of sp³-hybridized carbons (Fsp3) is 0.308. The molecule has 1 fully saturated rings. The molecule has 1 N–H and O–H groups in total. The van der Waals surface area contributed by atoms with Crippen LogP contribution in [0.25, 0.3) is 0 Å². The molecule has 0 atom stereocenters. The van der Waals surface area contributed by atoms with Crippen molar-refractivity contribution < 1.29 is 9.94 Å². The molecule has 0 saturated carbocycles. The molecule has 2 heterocycles. The van der Waals surface area contributed by atoms with Gasteiger partial charge in [0.15, 0.2) is 0 Å². The third kappa shape index (κ3) is 5.65. The second-order valence-corrected chi connectivity index (χ2v) is 8.09. The third-order valence-corrected chi connectivity index (χ3v) is 5.81. The van der Waals surface area contributed by atoms with Gasteiger partial charge in [-0.3, -0.25) is 4.90 Å². The molecule has 0 amide bonds. The summed E-state index contributed by atoms with van der Waals surface area (Å²) in [6.45, 7) is 7.15. The topological polar surface area (TPSA) is 61.2 Å². The molecule has 1 aromatic heterocycles. The number of rotatable bonds is 8. The maximum Gasteiger partial charge on any atom is 0.129 e. The summed E-state index contributed by atoms with van der Waals surface area (Å²) in [5.74, 6) is 1.77. The van der Waals surface area contributed by atoms with E-state index in [1.165, 1.54) is 0 Å². The number of aromatic nitrogens is 1. The summed E-state index contributed by atoms with van der Waals surface area (Å²) in [7, 11) is 0. The molecule has 0 bridgehead atoms. The molecule has 1 aliphatic rings. The summed E-state index contributed by atoms with van der Waals surface area (Å²) < 4.78 is 6.10. The molecule has 1 aliphatic heterocycles. The van der Waals surface area contributed by atoms with Crippen LogP contribution in [0.3, 0.4) is 0 Å². The van der Waals surface area contributed by atoms with Gasteiger partial charge in [-0.05, 0) is 36.8 Å². The van der Waals surface area contributed by atoms with Crippen LogP contribution in [0.2, 0.25) is 0 Å². The number of benzene rings is 2. The predicted molar refractivity (Wildman–Crippen MR) is 128 cm³/mol. The second kappa shape index (κ2) is 10.8. The fourth-order valence-corrected chi connectivity index (χ4v) is 3.97. The first-order chi connectivity index (χ1) is 15.7. The van der Waals surface area contributed by atoms with Crippen LogP contribution >= 0.6 is 0 Å². The van der Waals surface area contributed by atoms with Crippen molar-refractivity contribution in [2.24, 2.45) is 5.16 Å². The highest BCUT2D eigenvalue weighted by Crippen LogP contribution is 2.24. The monoisotopic (exact) mass is 430 g/mol. The number of pyridine rings is 1. The number of hydrogen-bond acceptors (Lipinski definition) is 6. The number of piperazine rings is 1. The second-order valence-electron chi connectivity index (χ2n) is 8.09. The van der Waals surface area contributed by atoms with Crippen LogP contribution < -0.4 is 9.64 Å². The van der Waals surface area contributed by atoms with E-state index in [0.29, 0.717) is 18.7 Å². The van der Waals surface area contributed by atoms with E-state index in [4.69, 9.17) is 4.74 Å². The lowest BCUT2D eigenvalue weighted by Crippen LogP contribution is -2.47. The smallest absolute Gasteiger partial charge is 0.129 e. The van der Waals surface area contributed by atoms with E-state index in [1.54, 1.807) is 0 Å². The van der Waals surface area contributed by atoms with E-state index < -0.39 is 0 Å². The Morgan fingerprint density at radius 3 is 2.50 bits per heavy atom. The van der Waals surface area contributed by atoms with E-state index in [9.17, 15) is 5.21 Å². The predicted octanol–water partition coefficient (Wildman–Crippen LogP) is 4.36. The van der Waals surface area contributed by atoms with Gasteiger partial charge in [-0.1, -0.05) is 53.2 Å². The van der Waals surface area contributed by atoms with Gasteiger partial charge < -0.3 is 14.8 Å². The van der Waals surface area contributed by atoms with E-state index in [1.807, 2.05) is 73.8 Å². The van der Waals surface area contributed by atoms with Gasteiger partial charge in [-0.2, -0.15) is 0 Å². The van der Waals surface area contributed by atoms with Crippen molar-refractivity contribution in [2.75, 3.05) is 37.6 Å². The average Bonchev–Trinajstić information content (AvgIpc) is 2.85. The van der Waals surface area contributed by atoms with Crippen LogP contribution in [-0.2, 0) is 6.61 Å².